The fourth-order valence-electron chi connectivity index (χ4n) is 4.22. The van der Waals surface area contributed by atoms with E-state index in [1.165, 1.54) is 0 Å². The monoisotopic (exact) mass is 470 g/mol. The van der Waals surface area contributed by atoms with Gasteiger partial charge in [-0.3, -0.25) is 4.79 Å². The molecule has 0 radical (unpaired) electrons. The molecule has 2 N–H and O–H groups in total. The van der Waals surface area contributed by atoms with Crippen LogP contribution in [0.2, 0.25) is 0 Å². The number of carbonyl (C=O) groups is 2. The van der Waals surface area contributed by atoms with Crippen molar-refractivity contribution < 1.29 is 19.4 Å². The topological polar surface area (TPSA) is 80.6 Å². The van der Waals surface area contributed by atoms with Crippen molar-refractivity contribution in [3.05, 3.63) is 100 Å². The van der Waals surface area contributed by atoms with E-state index in [2.05, 4.69) is 9.88 Å². The summed E-state index contributed by atoms with van der Waals surface area (Å²) in [5, 5.41) is 13.3. The number of hydrogen-bond donors (Lipinski definition) is 2. The highest BCUT2D eigenvalue weighted by Gasteiger charge is 2.15. The van der Waals surface area contributed by atoms with Crippen LogP contribution < -0.4 is 10.1 Å². The molecule has 3 aromatic carbocycles. The lowest BCUT2D eigenvalue weighted by Crippen LogP contribution is -2.22. The maximum atomic E-state index is 12.9. The van der Waals surface area contributed by atoms with Gasteiger partial charge in [-0.15, -0.1) is 0 Å². The third-order valence-corrected chi connectivity index (χ3v) is 6.16. The number of carboxylic acid groups (broad SMARTS) is 1. The largest absolute Gasteiger partial charge is 0.491 e. The number of carboxylic acids is 1. The number of aryl methyl sites for hydroxylation is 1. The normalized spacial score (nSPS) is 11.1. The zero-order valence-corrected chi connectivity index (χ0v) is 20.5. The second-order valence-electron chi connectivity index (χ2n) is 9.03. The summed E-state index contributed by atoms with van der Waals surface area (Å²) in [6, 6.07) is 20.4. The lowest BCUT2D eigenvalue weighted by molar-refractivity contribution is 0.0696. The van der Waals surface area contributed by atoms with Gasteiger partial charge in [0.05, 0.1) is 11.7 Å². The maximum absolute atomic E-state index is 12.9. The Kier molecular flexibility index (Phi) is 6.92. The Labute approximate surface area is 205 Å². The number of ether oxygens (including phenoxy) is 1. The standard InChI is InChI=1S/C29H30N2O4/c1-18(2)35-25-11-8-21(9-12-25)16-30-28(32)23-10-13-27-26(15-23)19(3)20(4)31(27)17-22-6-5-7-24(14-22)29(33)34/h5-15,18H,16-17H2,1-4H3,(H,30,32)(H,33,34). The van der Waals surface area contributed by atoms with Gasteiger partial charge in [-0.25, -0.2) is 4.79 Å². The number of fused-ring (bicyclic) bond motifs is 1. The molecule has 0 spiro atoms. The molecule has 4 rings (SSSR count). The molecule has 6 heteroatoms. The van der Waals surface area contributed by atoms with E-state index in [0.29, 0.717) is 18.7 Å². The average molecular weight is 471 g/mol. The Morgan fingerprint density at radius 2 is 1.69 bits per heavy atom. The number of hydrogen-bond acceptors (Lipinski definition) is 3. The first-order chi connectivity index (χ1) is 16.7. The van der Waals surface area contributed by atoms with Gasteiger partial charge >= 0.3 is 5.97 Å². The molecule has 35 heavy (non-hydrogen) atoms. The van der Waals surface area contributed by atoms with Crippen LogP contribution in [-0.2, 0) is 13.1 Å². The SMILES string of the molecule is Cc1c(C)n(Cc2cccc(C(=O)O)c2)c2ccc(C(=O)NCc3ccc(OC(C)C)cc3)cc12. The van der Waals surface area contributed by atoms with E-state index in [0.717, 1.165) is 39.0 Å². The van der Waals surface area contributed by atoms with E-state index in [-0.39, 0.29) is 17.6 Å². The van der Waals surface area contributed by atoms with Crippen molar-refractivity contribution in [3.63, 3.8) is 0 Å². The van der Waals surface area contributed by atoms with Crippen LogP contribution in [0, 0.1) is 13.8 Å². The van der Waals surface area contributed by atoms with Crippen molar-refractivity contribution in [2.24, 2.45) is 0 Å². The average Bonchev–Trinajstić information content (AvgIpc) is 3.07. The van der Waals surface area contributed by atoms with Gasteiger partial charge < -0.3 is 19.7 Å². The molecule has 0 aliphatic heterocycles. The van der Waals surface area contributed by atoms with Crippen molar-refractivity contribution in [1.29, 1.82) is 0 Å². The van der Waals surface area contributed by atoms with Crippen molar-refractivity contribution in [2.45, 2.75) is 46.9 Å². The summed E-state index contributed by atoms with van der Waals surface area (Å²) in [5.41, 5.74) is 5.98. The molecule has 0 saturated carbocycles. The molecule has 0 bridgehead atoms. The molecule has 1 amide bonds. The van der Waals surface area contributed by atoms with Crippen LogP contribution in [0.15, 0.2) is 66.7 Å². The van der Waals surface area contributed by atoms with Crippen LogP contribution in [-0.4, -0.2) is 27.7 Å². The van der Waals surface area contributed by atoms with Gasteiger partial charge in [-0.05, 0) is 86.8 Å². The predicted molar refractivity (Wildman–Crippen MR) is 137 cm³/mol. The van der Waals surface area contributed by atoms with Crippen molar-refractivity contribution in [2.75, 3.05) is 0 Å². The summed E-state index contributed by atoms with van der Waals surface area (Å²) >= 11 is 0. The van der Waals surface area contributed by atoms with Crippen LogP contribution in [0.4, 0.5) is 0 Å². The number of rotatable bonds is 8. The molecule has 6 nitrogen and oxygen atoms in total. The predicted octanol–water partition coefficient (Wildman–Crippen LogP) is 5.72. The Hall–Kier alpha value is -4.06. The lowest BCUT2D eigenvalue weighted by Gasteiger charge is -2.11. The van der Waals surface area contributed by atoms with Gasteiger partial charge in [0.2, 0.25) is 0 Å². The Balaban J connectivity index is 1.51. The number of carbonyl (C=O) groups excluding carboxylic acids is 1. The minimum Gasteiger partial charge on any atom is -0.491 e. The number of amides is 1. The highest BCUT2D eigenvalue weighted by molar-refractivity contribution is 5.99. The molecule has 1 heterocycles. The molecular weight excluding hydrogens is 440 g/mol. The second kappa shape index (κ2) is 10.1. The number of aromatic carboxylic acids is 1. The Bertz CT molecular complexity index is 1380. The van der Waals surface area contributed by atoms with Crippen LogP contribution in [0.1, 0.15) is 56.9 Å². The van der Waals surface area contributed by atoms with E-state index in [1.54, 1.807) is 18.2 Å². The van der Waals surface area contributed by atoms with E-state index >= 15 is 0 Å². The highest BCUT2D eigenvalue weighted by Crippen LogP contribution is 2.27. The van der Waals surface area contributed by atoms with Crippen molar-refractivity contribution in [1.82, 2.24) is 9.88 Å². The van der Waals surface area contributed by atoms with E-state index in [4.69, 9.17) is 4.74 Å². The van der Waals surface area contributed by atoms with Crippen molar-refractivity contribution >= 4 is 22.8 Å². The molecule has 4 aromatic rings. The molecule has 0 aliphatic rings. The molecule has 180 valence electrons. The van der Waals surface area contributed by atoms with Gasteiger partial charge in [0, 0.05) is 35.2 Å². The summed E-state index contributed by atoms with van der Waals surface area (Å²) < 4.78 is 7.83. The minimum atomic E-state index is -0.937. The summed E-state index contributed by atoms with van der Waals surface area (Å²) in [6.45, 7) is 9.04. The molecule has 0 atom stereocenters. The lowest BCUT2D eigenvalue weighted by atomic mass is 10.1. The first-order valence-corrected chi connectivity index (χ1v) is 11.7. The number of nitrogens with one attached hydrogen (secondary N) is 1. The van der Waals surface area contributed by atoms with Crippen LogP contribution >= 0.6 is 0 Å². The summed E-state index contributed by atoms with van der Waals surface area (Å²) in [6.07, 6.45) is 0.118. The van der Waals surface area contributed by atoms with Crippen LogP contribution in [0.5, 0.6) is 5.75 Å². The first-order valence-electron chi connectivity index (χ1n) is 11.7. The van der Waals surface area contributed by atoms with E-state index in [9.17, 15) is 14.7 Å². The third kappa shape index (κ3) is 5.38. The molecule has 0 unspecified atom stereocenters. The Morgan fingerprint density at radius 3 is 2.37 bits per heavy atom. The summed E-state index contributed by atoms with van der Waals surface area (Å²) in [5.74, 6) is -0.258. The van der Waals surface area contributed by atoms with Gasteiger partial charge in [-0.1, -0.05) is 24.3 Å². The fourth-order valence-corrected chi connectivity index (χ4v) is 4.22. The van der Waals surface area contributed by atoms with Gasteiger partial charge in [0.25, 0.3) is 5.91 Å². The van der Waals surface area contributed by atoms with Gasteiger partial charge in [0.1, 0.15) is 5.75 Å². The summed E-state index contributed by atoms with van der Waals surface area (Å²) in [4.78, 5) is 24.2. The van der Waals surface area contributed by atoms with Gasteiger partial charge in [-0.2, -0.15) is 0 Å². The molecule has 1 aromatic heterocycles. The Morgan fingerprint density at radius 1 is 0.943 bits per heavy atom. The number of benzene rings is 3. The number of nitrogens with zero attached hydrogens (tertiary/aromatic N) is 1. The zero-order chi connectivity index (χ0) is 25.1. The second-order valence-corrected chi connectivity index (χ2v) is 9.03. The van der Waals surface area contributed by atoms with E-state index in [1.807, 2.05) is 76.2 Å². The van der Waals surface area contributed by atoms with Crippen LogP contribution in [0.25, 0.3) is 10.9 Å². The first kappa shape index (κ1) is 24.1. The van der Waals surface area contributed by atoms with Gasteiger partial charge in [0.15, 0.2) is 0 Å². The molecule has 0 fully saturated rings. The van der Waals surface area contributed by atoms with E-state index < -0.39 is 5.97 Å². The zero-order valence-electron chi connectivity index (χ0n) is 20.5. The minimum absolute atomic E-state index is 0.118. The quantitative estimate of drug-likeness (QED) is 0.345. The molecular formula is C29H30N2O4. The molecule has 0 aliphatic carbocycles. The maximum Gasteiger partial charge on any atom is 0.335 e. The summed E-state index contributed by atoms with van der Waals surface area (Å²) in [7, 11) is 0. The third-order valence-electron chi connectivity index (χ3n) is 6.16. The molecule has 0 saturated heterocycles. The van der Waals surface area contributed by atoms with Crippen molar-refractivity contribution in [3.8, 4) is 5.75 Å². The highest BCUT2D eigenvalue weighted by atomic mass is 16.5. The fraction of sp³-hybridized carbons (Fsp3) is 0.241. The van der Waals surface area contributed by atoms with Crippen LogP contribution in [0.3, 0.4) is 0 Å². The smallest absolute Gasteiger partial charge is 0.335 e. The number of aromatic nitrogens is 1.